The summed E-state index contributed by atoms with van der Waals surface area (Å²) < 4.78 is 0. The third-order valence-electron chi connectivity index (χ3n) is 8.78. The summed E-state index contributed by atoms with van der Waals surface area (Å²) in [5.74, 6) is 1.62. The molecule has 0 atom stereocenters. The predicted molar refractivity (Wildman–Crippen MR) is 197 cm³/mol. The van der Waals surface area contributed by atoms with Gasteiger partial charge in [0.1, 0.15) is 11.7 Å². The summed E-state index contributed by atoms with van der Waals surface area (Å²) in [6.07, 6.45) is -0.366. The fraction of sp³-hybridized carbons (Fsp3) is 0.0227. The summed E-state index contributed by atoms with van der Waals surface area (Å²) in [5, 5.41) is 15.2. The van der Waals surface area contributed by atoms with Crippen molar-refractivity contribution in [2.45, 2.75) is 6.17 Å². The van der Waals surface area contributed by atoms with Gasteiger partial charge in [-0.1, -0.05) is 152 Å². The van der Waals surface area contributed by atoms with Crippen LogP contribution >= 0.6 is 0 Å². The van der Waals surface area contributed by atoms with Crippen molar-refractivity contribution in [1.82, 2.24) is 5.32 Å². The van der Waals surface area contributed by atoms with Gasteiger partial charge in [0.2, 0.25) is 0 Å². The second-order valence-electron chi connectivity index (χ2n) is 11.8. The highest BCUT2D eigenvalue weighted by Gasteiger charge is 2.20. The fourth-order valence-electron chi connectivity index (χ4n) is 6.25. The monoisotopic (exact) mass is 614 g/mol. The Morgan fingerprint density at radius 1 is 0.458 bits per heavy atom. The van der Waals surface area contributed by atoms with Crippen molar-refractivity contribution in [1.29, 1.82) is 5.26 Å². The number of benzene rings is 7. The normalized spacial score (nSPS) is 12.9. The quantitative estimate of drug-likeness (QED) is 0.203. The SMILES string of the molecule is N#Cc1cccc(-c2ccc(-c3ccc4cccc(-c5ccc(C6N=C(c7ccccc7)NC(c7ccccc7)=N6)cc5)c4c3)cc2)c1. The van der Waals surface area contributed by atoms with Crippen LogP contribution in [0.5, 0.6) is 0 Å². The van der Waals surface area contributed by atoms with E-state index in [0.717, 1.165) is 56.2 Å². The average Bonchev–Trinajstić information content (AvgIpc) is 3.18. The molecule has 0 unspecified atom stereocenters. The minimum Gasteiger partial charge on any atom is -0.324 e. The van der Waals surface area contributed by atoms with Gasteiger partial charge in [-0.2, -0.15) is 5.26 Å². The number of nitrogens with one attached hydrogen (secondary N) is 1. The first kappa shape index (κ1) is 28.9. The van der Waals surface area contributed by atoms with Gasteiger partial charge in [-0.05, 0) is 67.9 Å². The van der Waals surface area contributed by atoms with Gasteiger partial charge < -0.3 is 5.32 Å². The van der Waals surface area contributed by atoms with Gasteiger partial charge in [0.15, 0.2) is 6.17 Å². The Morgan fingerprint density at radius 2 is 1.00 bits per heavy atom. The van der Waals surface area contributed by atoms with Gasteiger partial charge in [0.05, 0.1) is 11.6 Å². The van der Waals surface area contributed by atoms with Crippen LogP contribution in [0, 0.1) is 11.3 Å². The molecule has 0 fully saturated rings. The predicted octanol–water partition coefficient (Wildman–Crippen LogP) is 10.2. The smallest absolute Gasteiger partial charge is 0.169 e. The first-order valence-electron chi connectivity index (χ1n) is 16.0. The van der Waals surface area contributed by atoms with Crippen molar-refractivity contribution >= 4 is 22.4 Å². The van der Waals surface area contributed by atoms with Crippen molar-refractivity contribution in [3.05, 3.63) is 192 Å². The Kier molecular flexibility index (Phi) is 7.62. The lowest BCUT2D eigenvalue weighted by Crippen LogP contribution is -2.35. The second kappa shape index (κ2) is 12.7. The molecule has 0 aliphatic carbocycles. The molecule has 4 nitrogen and oxygen atoms in total. The van der Waals surface area contributed by atoms with Crippen LogP contribution in [0.4, 0.5) is 0 Å². The van der Waals surface area contributed by atoms with E-state index in [9.17, 15) is 5.26 Å². The molecule has 1 heterocycles. The number of rotatable bonds is 6. The van der Waals surface area contributed by atoms with E-state index >= 15 is 0 Å². The lowest BCUT2D eigenvalue weighted by atomic mass is 9.93. The third kappa shape index (κ3) is 5.77. The second-order valence-corrected chi connectivity index (χ2v) is 11.8. The van der Waals surface area contributed by atoms with Crippen molar-refractivity contribution in [2.75, 3.05) is 0 Å². The zero-order chi connectivity index (χ0) is 32.3. The number of nitrogens with zero attached hydrogens (tertiary/aromatic N) is 3. The Hall–Kier alpha value is -6.57. The molecule has 7 aromatic rings. The highest BCUT2D eigenvalue weighted by atomic mass is 15.2. The maximum atomic E-state index is 9.30. The van der Waals surface area contributed by atoms with Crippen molar-refractivity contribution in [3.8, 4) is 39.4 Å². The summed E-state index contributed by atoms with van der Waals surface area (Å²) in [5.41, 5.74) is 10.5. The molecule has 0 aromatic heterocycles. The number of aliphatic imine (C=N–C) groups is 2. The number of hydrogen-bond acceptors (Lipinski definition) is 4. The molecule has 1 N–H and O–H groups in total. The van der Waals surface area contributed by atoms with E-state index in [1.807, 2.05) is 60.7 Å². The topological polar surface area (TPSA) is 60.5 Å². The molecule has 0 bridgehead atoms. The summed E-state index contributed by atoms with van der Waals surface area (Å²) in [7, 11) is 0. The van der Waals surface area contributed by atoms with Crippen LogP contribution in [0.2, 0.25) is 0 Å². The molecule has 0 radical (unpaired) electrons. The van der Waals surface area contributed by atoms with E-state index in [4.69, 9.17) is 9.98 Å². The van der Waals surface area contributed by atoms with E-state index in [0.29, 0.717) is 5.56 Å². The maximum Gasteiger partial charge on any atom is 0.169 e. The average molecular weight is 615 g/mol. The molecule has 0 saturated heterocycles. The zero-order valence-corrected chi connectivity index (χ0v) is 26.1. The summed E-state index contributed by atoms with van der Waals surface area (Å²) in [6, 6.07) is 60.7. The van der Waals surface area contributed by atoms with Gasteiger partial charge in [0.25, 0.3) is 0 Å². The molecule has 1 aliphatic heterocycles. The fourth-order valence-corrected chi connectivity index (χ4v) is 6.25. The molecule has 226 valence electrons. The van der Waals surface area contributed by atoms with E-state index in [1.54, 1.807) is 0 Å². The Morgan fingerprint density at radius 3 is 1.62 bits per heavy atom. The molecular weight excluding hydrogens is 585 g/mol. The van der Waals surface area contributed by atoms with E-state index in [1.165, 1.54) is 16.3 Å². The number of nitriles is 1. The first-order chi connectivity index (χ1) is 23.7. The molecule has 0 amide bonds. The van der Waals surface area contributed by atoms with Gasteiger partial charge in [-0.3, -0.25) is 0 Å². The highest BCUT2D eigenvalue weighted by molar-refractivity contribution is 6.15. The van der Waals surface area contributed by atoms with E-state index in [-0.39, 0.29) is 6.17 Å². The van der Waals surface area contributed by atoms with Crippen LogP contribution in [0.1, 0.15) is 28.4 Å². The molecule has 4 heteroatoms. The van der Waals surface area contributed by atoms with Crippen LogP contribution in [-0.4, -0.2) is 11.7 Å². The Bertz CT molecular complexity index is 2290. The molecule has 48 heavy (non-hydrogen) atoms. The summed E-state index contributed by atoms with van der Waals surface area (Å²) in [6.45, 7) is 0. The number of amidine groups is 2. The van der Waals surface area contributed by atoms with Crippen LogP contribution in [0.3, 0.4) is 0 Å². The third-order valence-corrected chi connectivity index (χ3v) is 8.78. The van der Waals surface area contributed by atoms with E-state index < -0.39 is 0 Å². The minimum absolute atomic E-state index is 0.366. The zero-order valence-electron chi connectivity index (χ0n) is 26.1. The molecule has 8 rings (SSSR count). The van der Waals surface area contributed by atoms with Crippen molar-refractivity contribution in [2.24, 2.45) is 9.98 Å². The first-order valence-corrected chi connectivity index (χ1v) is 16.0. The van der Waals surface area contributed by atoms with Crippen LogP contribution in [-0.2, 0) is 0 Å². The maximum absolute atomic E-state index is 9.30. The minimum atomic E-state index is -0.366. The molecule has 7 aromatic carbocycles. The van der Waals surface area contributed by atoms with Gasteiger partial charge in [-0.15, -0.1) is 0 Å². The standard InChI is InChI=1S/C44H30N4/c45-29-30-9-7-15-38(27-30)31-17-19-32(20-18-31)39-26-23-33-14-8-16-40(41(33)28-39)34-21-24-37(25-22-34)44-47-42(35-10-3-1-4-11-35)46-43(48-44)36-12-5-2-6-13-36/h1-28,44H,(H,46,47,48). The van der Waals surface area contributed by atoms with Gasteiger partial charge in [-0.25, -0.2) is 9.98 Å². The lowest BCUT2D eigenvalue weighted by Gasteiger charge is -2.22. The van der Waals surface area contributed by atoms with Crippen LogP contribution in [0.25, 0.3) is 44.2 Å². The van der Waals surface area contributed by atoms with Crippen LogP contribution < -0.4 is 5.32 Å². The van der Waals surface area contributed by atoms with Crippen molar-refractivity contribution in [3.63, 3.8) is 0 Å². The van der Waals surface area contributed by atoms with Crippen molar-refractivity contribution < 1.29 is 0 Å². The van der Waals surface area contributed by atoms with Gasteiger partial charge >= 0.3 is 0 Å². The number of hydrogen-bond donors (Lipinski definition) is 1. The number of fused-ring (bicyclic) bond motifs is 1. The highest BCUT2D eigenvalue weighted by Crippen LogP contribution is 2.34. The summed E-state index contributed by atoms with van der Waals surface area (Å²) >= 11 is 0. The Labute approximate surface area is 280 Å². The molecule has 1 aliphatic rings. The van der Waals surface area contributed by atoms with Crippen LogP contribution in [0.15, 0.2) is 180 Å². The Balaban J connectivity index is 1.12. The molecule has 0 spiro atoms. The molecular formula is C44H30N4. The summed E-state index contributed by atoms with van der Waals surface area (Å²) in [4.78, 5) is 10.1. The van der Waals surface area contributed by atoms with Gasteiger partial charge in [0, 0.05) is 11.1 Å². The largest absolute Gasteiger partial charge is 0.324 e. The van der Waals surface area contributed by atoms with E-state index in [2.05, 4.69) is 121 Å². The lowest BCUT2D eigenvalue weighted by molar-refractivity contribution is 0.756. The molecule has 0 saturated carbocycles.